The molecule has 1 aliphatic carbocycles. The lowest BCUT2D eigenvalue weighted by Gasteiger charge is -2.24. The van der Waals surface area contributed by atoms with E-state index in [4.69, 9.17) is 4.74 Å². The SMILES string of the molecule is COCC1(C)CC(C2CCCC2)CN1. The molecule has 1 saturated heterocycles. The molecule has 2 atom stereocenters. The van der Waals surface area contributed by atoms with Gasteiger partial charge in [0.2, 0.25) is 0 Å². The average molecular weight is 197 g/mol. The molecule has 0 aromatic carbocycles. The summed E-state index contributed by atoms with van der Waals surface area (Å²) in [6.45, 7) is 4.37. The number of hydrogen-bond acceptors (Lipinski definition) is 2. The van der Waals surface area contributed by atoms with Gasteiger partial charge >= 0.3 is 0 Å². The van der Waals surface area contributed by atoms with E-state index in [1.165, 1.54) is 38.6 Å². The summed E-state index contributed by atoms with van der Waals surface area (Å²) in [4.78, 5) is 0. The molecule has 1 saturated carbocycles. The maximum atomic E-state index is 5.28. The molecular weight excluding hydrogens is 174 g/mol. The van der Waals surface area contributed by atoms with E-state index in [-0.39, 0.29) is 5.54 Å². The highest BCUT2D eigenvalue weighted by Crippen LogP contribution is 2.38. The summed E-state index contributed by atoms with van der Waals surface area (Å²) in [7, 11) is 1.80. The maximum Gasteiger partial charge on any atom is 0.0641 e. The van der Waals surface area contributed by atoms with E-state index in [0.717, 1.165) is 18.4 Å². The minimum atomic E-state index is 0.252. The fourth-order valence-electron chi connectivity index (χ4n) is 3.29. The van der Waals surface area contributed by atoms with Gasteiger partial charge in [0.1, 0.15) is 0 Å². The van der Waals surface area contributed by atoms with E-state index in [1.807, 2.05) is 0 Å². The Morgan fingerprint density at radius 3 is 2.64 bits per heavy atom. The highest BCUT2D eigenvalue weighted by molar-refractivity contribution is 4.95. The van der Waals surface area contributed by atoms with Crippen molar-refractivity contribution < 1.29 is 4.74 Å². The predicted octanol–water partition coefficient (Wildman–Crippen LogP) is 2.19. The van der Waals surface area contributed by atoms with Gasteiger partial charge in [0.15, 0.2) is 0 Å². The molecule has 82 valence electrons. The number of hydrogen-bond donors (Lipinski definition) is 1. The number of ether oxygens (including phenoxy) is 1. The molecule has 2 rings (SSSR count). The highest BCUT2D eigenvalue weighted by atomic mass is 16.5. The average Bonchev–Trinajstić information content (AvgIpc) is 2.73. The van der Waals surface area contributed by atoms with Gasteiger partial charge in [-0.3, -0.25) is 0 Å². The molecule has 0 aromatic rings. The predicted molar refractivity (Wildman–Crippen MR) is 58.3 cm³/mol. The molecule has 1 heterocycles. The second-order valence-electron chi connectivity index (χ2n) is 5.38. The van der Waals surface area contributed by atoms with Crippen LogP contribution in [-0.4, -0.2) is 25.8 Å². The number of methoxy groups -OCH3 is 1. The Kier molecular flexibility index (Phi) is 3.13. The van der Waals surface area contributed by atoms with Crippen molar-refractivity contribution >= 4 is 0 Å². The zero-order valence-electron chi connectivity index (χ0n) is 9.51. The van der Waals surface area contributed by atoms with Crippen LogP contribution in [0.5, 0.6) is 0 Å². The van der Waals surface area contributed by atoms with Crippen molar-refractivity contribution in [1.29, 1.82) is 0 Å². The van der Waals surface area contributed by atoms with Crippen LogP contribution in [0.25, 0.3) is 0 Å². The van der Waals surface area contributed by atoms with Gasteiger partial charge in [-0.05, 0) is 31.7 Å². The summed E-state index contributed by atoms with van der Waals surface area (Å²) in [6, 6.07) is 0. The second kappa shape index (κ2) is 4.19. The van der Waals surface area contributed by atoms with E-state index >= 15 is 0 Å². The summed E-state index contributed by atoms with van der Waals surface area (Å²) in [5.41, 5.74) is 0.252. The molecule has 0 radical (unpaired) electrons. The second-order valence-corrected chi connectivity index (χ2v) is 5.38. The van der Waals surface area contributed by atoms with Crippen molar-refractivity contribution in [1.82, 2.24) is 5.32 Å². The van der Waals surface area contributed by atoms with E-state index in [2.05, 4.69) is 12.2 Å². The first-order valence-electron chi connectivity index (χ1n) is 5.97. The molecule has 2 nitrogen and oxygen atoms in total. The van der Waals surface area contributed by atoms with Crippen LogP contribution in [0.3, 0.4) is 0 Å². The Hall–Kier alpha value is -0.0800. The normalized spacial score (nSPS) is 39.4. The molecule has 2 heteroatoms. The van der Waals surface area contributed by atoms with Crippen LogP contribution in [0.2, 0.25) is 0 Å². The summed E-state index contributed by atoms with van der Waals surface area (Å²) >= 11 is 0. The van der Waals surface area contributed by atoms with Crippen LogP contribution in [0.1, 0.15) is 39.0 Å². The molecule has 0 amide bonds. The van der Waals surface area contributed by atoms with Crippen LogP contribution in [0.15, 0.2) is 0 Å². The minimum absolute atomic E-state index is 0.252. The van der Waals surface area contributed by atoms with Gasteiger partial charge in [0, 0.05) is 12.6 Å². The third kappa shape index (κ3) is 2.12. The Morgan fingerprint density at radius 1 is 1.29 bits per heavy atom. The van der Waals surface area contributed by atoms with Crippen molar-refractivity contribution in [3.63, 3.8) is 0 Å². The van der Waals surface area contributed by atoms with Gasteiger partial charge in [0.05, 0.1) is 6.61 Å². The third-order valence-electron chi connectivity index (χ3n) is 4.03. The van der Waals surface area contributed by atoms with Gasteiger partial charge in [-0.25, -0.2) is 0 Å². The first-order valence-corrected chi connectivity index (χ1v) is 5.97. The Balaban J connectivity index is 1.86. The van der Waals surface area contributed by atoms with Gasteiger partial charge in [-0.1, -0.05) is 25.7 Å². The molecule has 1 N–H and O–H groups in total. The fourth-order valence-corrected chi connectivity index (χ4v) is 3.29. The van der Waals surface area contributed by atoms with E-state index in [0.29, 0.717) is 0 Å². The Bertz CT molecular complexity index is 189. The lowest BCUT2D eigenvalue weighted by molar-refractivity contribution is 0.126. The van der Waals surface area contributed by atoms with E-state index in [9.17, 15) is 0 Å². The quantitative estimate of drug-likeness (QED) is 0.749. The molecule has 14 heavy (non-hydrogen) atoms. The van der Waals surface area contributed by atoms with Crippen molar-refractivity contribution in [2.45, 2.75) is 44.6 Å². The van der Waals surface area contributed by atoms with Crippen LogP contribution in [0.4, 0.5) is 0 Å². The summed E-state index contributed by atoms with van der Waals surface area (Å²) < 4.78 is 5.28. The Morgan fingerprint density at radius 2 is 2.00 bits per heavy atom. The van der Waals surface area contributed by atoms with Gasteiger partial charge < -0.3 is 10.1 Å². The zero-order chi connectivity index (χ0) is 10.0. The smallest absolute Gasteiger partial charge is 0.0641 e. The number of rotatable bonds is 3. The largest absolute Gasteiger partial charge is 0.383 e. The molecular formula is C12H23NO. The molecule has 2 unspecified atom stereocenters. The van der Waals surface area contributed by atoms with E-state index in [1.54, 1.807) is 7.11 Å². The van der Waals surface area contributed by atoms with Crippen LogP contribution < -0.4 is 5.32 Å². The summed E-state index contributed by atoms with van der Waals surface area (Å²) in [5, 5.41) is 3.64. The van der Waals surface area contributed by atoms with Crippen LogP contribution in [0, 0.1) is 11.8 Å². The molecule has 0 bridgehead atoms. The van der Waals surface area contributed by atoms with Gasteiger partial charge in [-0.2, -0.15) is 0 Å². The lowest BCUT2D eigenvalue weighted by Crippen LogP contribution is -2.40. The Labute approximate surface area is 87.4 Å². The monoisotopic (exact) mass is 197 g/mol. The topological polar surface area (TPSA) is 21.3 Å². The fraction of sp³-hybridized carbons (Fsp3) is 1.00. The molecule has 1 aliphatic heterocycles. The van der Waals surface area contributed by atoms with Crippen LogP contribution >= 0.6 is 0 Å². The maximum absolute atomic E-state index is 5.28. The number of nitrogens with one attached hydrogen (secondary N) is 1. The van der Waals surface area contributed by atoms with Crippen molar-refractivity contribution in [3.8, 4) is 0 Å². The first kappa shape index (κ1) is 10.4. The zero-order valence-corrected chi connectivity index (χ0v) is 9.51. The summed E-state index contributed by atoms with van der Waals surface area (Å²) in [5.74, 6) is 1.92. The standard InChI is InChI=1S/C12H23NO/c1-12(9-14-2)7-11(8-13-12)10-5-3-4-6-10/h10-11,13H,3-9H2,1-2H3. The van der Waals surface area contributed by atoms with Crippen molar-refractivity contribution in [2.75, 3.05) is 20.3 Å². The molecule has 0 aromatic heterocycles. The van der Waals surface area contributed by atoms with Crippen molar-refractivity contribution in [3.05, 3.63) is 0 Å². The molecule has 2 aliphatic rings. The van der Waals surface area contributed by atoms with Gasteiger partial charge in [-0.15, -0.1) is 0 Å². The van der Waals surface area contributed by atoms with Gasteiger partial charge in [0.25, 0.3) is 0 Å². The highest BCUT2D eigenvalue weighted by Gasteiger charge is 2.38. The third-order valence-corrected chi connectivity index (χ3v) is 4.03. The minimum Gasteiger partial charge on any atom is -0.383 e. The lowest BCUT2D eigenvalue weighted by atomic mass is 9.85. The van der Waals surface area contributed by atoms with E-state index < -0.39 is 0 Å². The molecule has 2 fully saturated rings. The molecule has 0 spiro atoms. The first-order chi connectivity index (χ1) is 6.73. The summed E-state index contributed by atoms with van der Waals surface area (Å²) in [6.07, 6.45) is 7.17. The van der Waals surface area contributed by atoms with Crippen LogP contribution in [-0.2, 0) is 4.74 Å². The van der Waals surface area contributed by atoms with Crippen molar-refractivity contribution in [2.24, 2.45) is 11.8 Å².